The third kappa shape index (κ3) is 2.81. The van der Waals surface area contributed by atoms with Crippen LogP contribution in [0.4, 0.5) is 10.8 Å². The highest BCUT2D eigenvalue weighted by Crippen LogP contribution is 2.31. The lowest BCUT2D eigenvalue weighted by molar-refractivity contribution is -0.115. The first kappa shape index (κ1) is 13.1. The van der Waals surface area contributed by atoms with Gasteiger partial charge in [-0.05, 0) is 18.2 Å². The van der Waals surface area contributed by atoms with Gasteiger partial charge in [0.1, 0.15) is 5.51 Å². The molecule has 0 spiro atoms. The molecule has 20 heavy (non-hydrogen) atoms. The number of hydrogen-bond donors (Lipinski definition) is 2. The number of nitrogens with one attached hydrogen (secondary N) is 2. The van der Waals surface area contributed by atoms with Crippen molar-refractivity contribution in [2.75, 3.05) is 16.4 Å². The van der Waals surface area contributed by atoms with Gasteiger partial charge in [0.05, 0.1) is 5.69 Å². The molecule has 2 heterocycles. The number of thioether (sulfide) groups is 1. The maximum atomic E-state index is 12.1. The molecule has 6 nitrogen and oxygen atoms in total. The molecule has 0 saturated heterocycles. The number of hydrogen-bond acceptors (Lipinski definition) is 6. The Kier molecular flexibility index (Phi) is 3.66. The van der Waals surface area contributed by atoms with Gasteiger partial charge in [0.2, 0.25) is 11.0 Å². The fourth-order valence-corrected chi connectivity index (χ4v) is 3.14. The van der Waals surface area contributed by atoms with Crippen LogP contribution in [0.3, 0.4) is 0 Å². The van der Waals surface area contributed by atoms with E-state index in [2.05, 4.69) is 20.8 Å². The highest BCUT2D eigenvalue weighted by molar-refractivity contribution is 7.99. The largest absolute Gasteiger partial charge is 0.325 e. The van der Waals surface area contributed by atoms with Crippen LogP contribution in [0.25, 0.3) is 0 Å². The van der Waals surface area contributed by atoms with Gasteiger partial charge in [0, 0.05) is 22.6 Å². The molecule has 1 aromatic heterocycles. The van der Waals surface area contributed by atoms with Gasteiger partial charge >= 0.3 is 0 Å². The minimum Gasteiger partial charge on any atom is -0.325 e. The first-order chi connectivity index (χ1) is 9.72. The lowest BCUT2D eigenvalue weighted by atomic mass is 10.2. The summed E-state index contributed by atoms with van der Waals surface area (Å²) in [6.45, 7) is 0. The van der Waals surface area contributed by atoms with E-state index in [0.29, 0.717) is 22.8 Å². The predicted molar refractivity (Wildman–Crippen MR) is 78.3 cm³/mol. The van der Waals surface area contributed by atoms with Crippen molar-refractivity contribution >= 4 is 45.7 Å². The quantitative estimate of drug-likeness (QED) is 0.889. The fraction of sp³-hybridized carbons (Fsp3) is 0.167. The van der Waals surface area contributed by atoms with Crippen molar-refractivity contribution < 1.29 is 9.59 Å². The molecule has 0 fully saturated rings. The summed E-state index contributed by atoms with van der Waals surface area (Å²) in [5.74, 6) is 0.445. The Labute approximate surface area is 123 Å². The molecule has 1 aromatic carbocycles. The van der Waals surface area contributed by atoms with Gasteiger partial charge in [-0.3, -0.25) is 14.9 Å². The van der Waals surface area contributed by atoms with Crippen LogP contribution in [0.2, 0.25) is 0 Å². The summed E-state index contributed by atoms with van der Waals surface area (Å²) >= 11 is 2.85. The lowest BCUT2D eigenvalue weighted by Gasteiger charge is -2.08. The molecule has 3 rings (SSSR count). The molecule has 8 heteroatoms. The molecule has 0 aliphatic carbocycles. The molecule has 0 bridgehead atoms. The van der Waals surface area contributed by atoms with Crippen LogP contribution in [0.5, 0.6) is 0 Å². The molecular formula is C12H10N4O2S2. The first-order valence-electron chi connectivity index (χ1n) is 5.86. The van der Waals surface area contributed by atoms with Gasteiger partial charge < -0.3 is 5.32 Å². The van der Waals surface area contributed by atoms with Crippen molar-refractivity contribution in [3.63, 3.8) is 0 Å². The van der Waals surface area contributed by atoms with E-state index >= 15 is 0 Å². The Morgan fingerprint density at radius 1 is 1.40 bits per heavy atom. The van der Waals surface area contributed by atoms with Crippen LogP contribution in [-0.2, 0) is 4.79 Å². The van der Waals surface area contributed by atoms with E-state index in [-0.39, 0.29) is 11.8 Å². The summed E-state index contributed by atoms with van der Waals surface area (Å²) in [4.78, 5) is 24.6. The SMILES string of the molecule is O=C1CCSc2ccc(C(=O)Nc3nncs3)cc2N1. The number of fused-ring (bicyclic) bond motifs is 1. The second kappa shape index (κ2) is 5.59. The average molecular weight is 306 g/mol. The summed E-state index contributed by atoms with van der Waals surface area (Å²) in [6, 6.07) is 5.27. The van der Waals surface area contributed by atoms with E-state index in [1.807, 2.05) is 6.07 Å². The molecule has 2 N–H and O–H groups in total. The van der Waals surface area contributed by atoms with Crippen LogP contribution in [-0.4, -0.2) is 27.8 Å². The minimum atomic E-state index is -0.270. The molecule has 0 saturated carbocycles. The van der Waals surface area contributed by atoms with Crippen LogP contribution in [0, 0.1) is 0 Å². The molecule has 2 amide bonds. The minimum absolute atomic E-state index is 0.0297. The van der Waals surface area contributed by atoms with Gasteiger partial charge in [-0.25, -0.2) is 0 Å². The van der Waals surface area contributed by atoms with E-state index < -0.39 is 0 Å². The molecule has 1 aliphatic rings. The zero-order chi connectivity index (χ0) is 13.9. The standard InChI is InChI=1S/C12H10N4O2S2/c17-10-3-4-19-9-2-1-7(5-8(9)14-10)11(18)15-12-16-13-6-20-12/h1-2,5-6H,3-4H2,(H,14,17)(H,15,16,18). The molecular weight excluding hydrogens is 296 g/mol. The van der Waals surface area contributed by atoms with Crippen LogP contribution in [0.1, 0.15) is 16.8 Å². The smallest absolute Gasteiger partial charge is 0.257 e. The molecule has 0 unspecified atom stereocenters. The van der Waals surface area contributed by atoms with E-state index in [9.17, 15) is 9.59 Å². The fourth-order valence-electron chi connectivity index (χ4n) is 1.76. The maximum absolute atomic E-state index is 12.1. The summed E-state index contributed by atoms with van der Waals surface area (Å²) in [5, 5.41) is 13.3. The van der Waals surface area contributed by atoms with Gasteiger partial charge in [-0.1, -0.05) is 11.3 Å². The van der Waals surface area contributed by atoms with Crippen LogP contribution >= 0.6 is 23.1 Å². The van der Waals surface area contributed by atoms with E-state index in [0.717, 1.165) is 10.6 Å². The Morgan fingerprint density at radius 3 is 3.10 bits per heavy atom. The van der Waals surface area contributed by atoms with Crippen molar-refractivity contribution in [3.05, 3.63) is 29.3 Å². The summed E-state index contributed by atoms with van der Waals surface area (Å²) in [6.07, 6.45) is 0.478. The lowest BCUT2D eigenvalue weighted by Crippen LogP contribution is -2.14. The second-order valence-corrected chi connectivity index (χ2v) is 6.03. The zero-order valence-corrected chi connectivity index (χ0v) is 11.9. The van der Waals surface area contributed by atoms with Gasteiger partial charge in [-0.15, -0.1) is 22.0 Å². The second-order valence-electron chi connectivity index (χ2n) is 4.06. The summed E-state index contributed by atoms with van der Waals surface area (Å²) < 4.78 is 0. The van der Waals surface area contributed by atoms with Crippen molar-refractivity contribution in [3.8, 4) is 0 Å². The maximum Gasteiger partial charge on any atom is 0.257 e. The first-order valence-corrected chi connectivity index (χ1v) is 7.73. The average Bonchev–Trinajstić information content (AvgIpc) is 2.85. The number of rotatable bonds is 2. The summed E-state index contributed by atoms with van der Waals surface area (Å²) in [5.41, 5.74) is 2.70. The number of carbonyl (C=O) groups is 2. The number of carbonyl (C=O) groups excluding carboxylic acids is 2. The van der Waals surface area contributed by atoms with Crippen LogP contribution < -0.4 is 10.6 Å². The number of benzene rings is 1. The Balaban J connectivity index is 1.84. The van der Waals surface area contributed by atoms with Gasteiger partial charge in [0.15, 0.2) is 0 Å². The molecule has 1 aliphatic heterocycles. The summed E-state index contributed by atoms with van der Waals surface area (Å²) in [7, 11) is 0. The third-order valence-corrected chi connectivity index (χ3v) is 4.36. The molecule has 0 atom stereocenters. The van der Waals surface area contributed by atoms with Crippen molar-refractivity contribution in [1.82, 2.24) is 10.2 Å². The Hall–Kier alpha value is -1.93. The van der Waals surface area contributed by atoms with Gasteiger partial charge in [0.25, 0.3) is 5.91 Å². The molecule has 2 aromatic rings. The predicted octanol–water partition coefficient (Wildman–Crippen LogP) is 2.22. The van der Waals surface area contributed by atoms with E-state index in [1.54, 1.807) is 29.4 Å². The normalized spacial score (nSPS) is 14.1. The van der Waals surface area contributed by atoms with E-state index in [4.69, 9.17) is 0 Å². The monoisotopic (exact) mass is 306 g/mol. The highest BCUT2D eigenvalue weighted by atomic mass is 32.2. The van der Waals surface area contributed by atoms with Crippen molar-refractivity contribution in [2.24, 2.45) is 0 Å². The Bertz CT molecular complexity index is 657. The number of nitrogens with zero attached hydrogens (tertiary/aromatic N) is 2. The number of amides is 2. The number of anilines is 2. The van der Waals surface area contributed by atoms with E-state index in [1.165, 1.54) is 11.3 Å². The van der Waals surface area contributed by atoms with Crippen LogP contribution in [0.15, 0.2) is 28.6 Å². The third-order valence-electron chi connectivity index (χ3n) is 2.68. The zero-order valence-electron chi connectivity index (χ0n) is 10.3. The number of aromatic nitrogens is 2. The van der Waals surface area contributed by atoms with Crippen molar-refractivity contribution in [1.29, 1.82) is 0 Å². The van der Waals surface area contributed by atoms with Crippen molar-refractivity contribution in [2.45, 2.75) is 11.3 Å². The topological polar surface area (TPSA) is 84.0 Å². The van der Waals surface area contributed by atoms with Gasteiger partial charge in [-0.2, -0.15) is 0 Å². The highest BCUT2D eigenvalue weighted by Gasteiger charge is 2.16. The molecule has 102 valence electrons. The molecule has 0 radical (unpaired) electrons. The Morgan fingerprint density at radius 2 is 2.30 bits per heavy atom.